The summed E-state index contributed by atoms with van der Waals surface area (Å²) in [6.45, 7) is 1.13. The topological polar surface area (TPSA) is 75.7 Å². The molecule has 0 aliphatic rings. The lowest BCUT2D eigenvalue weighted by molar-refractivity contribution is -0.118. The van der Waals surface area contributed by atoms with Gasteiger partial charge in [-0.15, -0.1) is 0 Å². The Morgan fingerprint density at radius 1 is 1.15 bits per heavy atom. The van der Waals surface area contributed by atoms with Crippen molar-refractivity contribution in [2.75, 3.05) is 26.0 Å². The van der Waals surface area contributed by atoms with Crippen LogP contribution in [0.25, 0.3) is 0 Å². The fraction of sp³-hybridized carbons (Fsp3) is 0.235. The van der Waals surface area contributed by atoms with E-state index in [-0.39, 0.29) is 10.6 Å². The van der Waals surface area contributed by atoms with Crippen molar-refractivity contribution in [1.82, 2.24) is 4.31 Å². The highest BCUT2D eigenvalue weighted by atomic mass is 32.2. The third-order valence-electron chi connectivity index (χ3n) is 3.51. The van der Waals surface area contributed by atoms with Crippen LogP contribution in [0.4, 0.5) is 14.5 Å². The highest BCUT2D eigenvalue weighted by molar-refractivity contribution is 7.89. The van der Waals surface area contributed by atoms with E-state index in [2.05, 4.69) is 5.32 Å². The number of aryl methyl sites for hydroxylation is 1. The van der Waals surface area contributed by atoms with Crippen molar-refractivity contribution in [3.8, 4) is 5.75 Å². The molecule has 2 aromatic carbocycles. The highest BCUT2D eigenvalue weighted by Crippen LogP contribution is 2.23. The fourth-order valence-corrected chi connectivity index (χ4v) is 3.08. The maximum absolute atomic E-state index is 13.5. The molecule has 0 fully saturated rings. The van der Waals surface area contributed by atoms with Crippen molar-refractivity contribution < 1.29 is 26.7 Å². The van der Waals surface area contributed by atoms with E-state index in [0.717, 1.165) is 16.4 Å². The van der Waals surface area contributed by atoms with Crippen molar-refractivity contribution in [1.29, 1.82) is 0 Å². The second-order valence-electron chi connectivity index (χ2n) is 5.65. The highest BCUT2D eigenvalue weighted by Gasteiger charge is 2.18. The van der Waals surface area contributed by atoms with Crippen LogP contribution in [0.3, 0.4) is 0 Å². The zero-order valence-corrected chi connectivity index (χ0v) is 15.2. The standard InChI is InChI=1S/C17H18F2N2O4S/c1-11-9-12(26(23,24)21(2)3)7-8-15(11)25-10-16(22)20-17-13(18)5-4-6-14(17)19/h4-9H,10H2,1-3H3,(H,20,22). The molecule has 0 radical (unpaired) electrons. The first kappa shape index (κ1) is 19.8. The Kier molecular flexibility index (Phi) is 5.94. The summed E-state index contributed by atoms with van der Waals surface area (Å²) in [5.74, 6) is -2.26. The maximum Gasteiger partial charge on any atom is 0.262 e. The summed E-state index contributed by atoms with van der Waals surface area (Å²) in [5, 5.41) is 2.10. The van der Waals surface area contributed by atoms with Crippen LogP contribution < -0.4 is 10.1 Å². The molecule has 0 aliphatic carbocycles. The maximum atomic E-state index is 13.5. The van der Waals surface area contributed by atoms with E-state index >= 15 is 0 Å². The van der Waals surface area contributed by atoms with E-state index < -0.39 is 39.9 Å². The molecular formula is C17H18F2N2O4S. The van der Waals surface area contributed by atoms with E-state index in [4.69, 9.17) is 4.74 Å². The molecule has 0 saturated carbocycles. The Balaban J connectivity index is 2.07. The Morgan fingerprint density at radius 3 is 2.31 bits per heavy atom. The van der Waals surface area contributed by atoms with Gasteiger partial charge in [0.1, 0.15) is 23.1 Å². The van der Waals surface area contributed by atoms with Gasteiger partial charge in [0.2, 0.25) is 10.0 Å². The Bertz CT molecular complexity index is 910. The summed E-state index contributed by atoms with van der Waals surface area (Å²) in [4.78, 5) is 11.9. The average Bonchev–Trinajstić information content (AvgIpc) is 2.57. The number of halogens is 2. The molecule has 0 atom stereocenters. The van der Waals surface area contributed by atoms with Gasteiger partial charge in [0, 0.05) is 14.1 Å². The summed E-state index contributed by atoms with van der Waals surface area (Å²) in [6, 6.07) is 7.42. The van der Waals surface area contributed by atoms with Gasteiger partial charge in [0.25, 0.3) is 5.91 Å². The van der Waals surface area contributed by atoms with Crippen molar-refractivity contribution in [2.24, 2.45) is 0 Å². The first-order chi connectivity index (χ1) is 12.1. The van der Waals surface area contributed by atoms with Gasteiger partial charge in [-0.05, 0) is 42.8 Å². The first-order valence-electron chi connectivity index (χ1n) is 7.52. The van der Waals surface area contributed by atoms with Gasteiger partial charge in [-0.2, -0.15) is 0 Å². The predicted octanol–water partition coefficient (Wildman–Crippen LogP) is 2.54. The lowest BCUT2D eigenvalue weighted by Crippen LogP contribution is -2.23. The lowest BCUT2D eigenvalue weighted by Gasteiger charge is -2.14. The SMILES string of the molecule is Cc1cc(S(=O)(=O)N(C)C)ccc1OCC(=O)Nc1c(F)cccc1F. The Morgan fingerprint density at radius 2 is 1.77 bits per heavy atom. The Labute approximate surface area is 150 Å². The van der Waals surface area contributed by atoms with Crippen molar-refractivity contribution in [3.63, 3.8) is 0 Å². The molecule has 0 unspecified atom stereocenters. The van der Waals surface area contributed by atoms with Crippen LogP contribution in [-0.4, -0.2) is 39.3 Å². The first-order valence-corrected chi connectivity index (χ1v) is 8.97. The summed E-state index contributed by atoms with van der Waals surface area (Å²) in [6.07, 6.45) is 0. The Hall–Kier alpha value is -2.52. The second-order valence-corrected chi connectivity index (χ2v) is 7.80. The average molecular weight is 384 g/mol. The van der Waals surface area contributed by atoms with Gasteiger partial charge in [0.05, 0.1) is 4.90 Å². The predicted molar refractivity (Wildman–Crippen MR) is 92.5 cm³/mol. The largest absolute Gasteiger partial charge is 0.483 e. The number of ether oxygens (including phenoxy) is 1. The molecular weight excluding hydrogens is 366 g/mol. The molecule has 140 valence electrons. The molecule has 0 aliphatic heterocycles. The van der Waals surface area contributed by atoms with Crippen LogP contribution in [0, 0.1) is 18.6 Å². The number of para-hydroxylation sites is 1. The summed E-state index contributed by atoms with van der Waals surface area (Å²) < 4.78 is 57.6. The van der Waals surface area contributed by atoms with E-state index in [9.17, 15) is 22.0 Å². The van der Waals surface area contributed by atoms with Crippen LogP contribution in [0.15, 0.2) is 41.3 Å². The third kappa shape index (κ3) is 4.36. The van der Waals surface area contributed by atoms with Gasteiger partial charge in [-0.25, -0.2) is 21.5 Å². The quantitative estimate of drug-likeness (QED) is 0.831. The number of amides is 1. The van der Waals surface area contributed by atoms with Crippen LogP contribution in [0.2, 0.25) is 0 Å². The number of hydrogen-bond donors (Lipinski definition) is 1. The van der Waals surface area contributed by atoms with E-state index in [1.807, 2.05) is 0 Å². The number of carbonyl (C=O) groups excluding carboxylic acids is 1. The number of carbonyl (C=O) groups is 1. The zero-order chi connectivity index (χ0) is 19.5. The molecule has 0 bridgehead atoms. The number of rotatable bonds is 6. The molecule has 0 spiro atoms. The molecule has 1 N–H and O–H groups in total. The van der Waals surface area contributed by atoms with Crippen LogP contribution in [0.1, 0.15) is 5.56 Å². The molecule has 0 aromatic heterocycles. The van der Waals surface area contributed by atoms with Crippen molar-refractivity contribution >= 4 is 21.6 Å². The molecule has 0 saturated heterocycles. The fourth-order valence-electron chi connectivity index (χ4n) is 2.09. The zero-order valence-electron chi connectivity index (χ0n) is 14.4. The van der Waals surface area contributed by atoms with Gasteiger partial charge in [0.15, 0.2) is 6.61 Å². The minimum Gasteiger partial charge on any atom is -0.483 e. The summed E-state index contributed by atoms with van der Waals surface area (Å²) in [7, 11) is -0.747. The van der Waals surface area contributed by atoms with E-state index in [0.29, 0.717) is 5.56 Å². The molecule has 2 aromatic rings. The van der Waals surface area contributed by atoms with Gasteiger partial charge >= 0.3 is 0 Å². The number of nitrogens with one attached hydrogen (secondary N) is 1. The third-order valence-corrected chi connectivity index (χ3v) is 5.32. The van der Waals surface area contributed by atoms with Crippen molar-refractivity contribution in [3.05, 3.63) is 53.6 Å². The second kappa shape index (κ2) is 7.79. The smallest absolute Gasteiger partial charge is 0.262 e. The lowest BCUT2D eigenvalue weighted by atomic mass is 10.2. The van der Waals surface area contributed by atoms with Crippen molar-refractivity contribution in [2.45, 2.75) is 11.8 Å². The van der Waals surface area contributed by atoms with Gasteiger partial charge < -0.3 is 10.1 Å². The molecule has 0 heterocycles. The molecule has 6 nitrogen and oxygen atoms in total. The van der Waals surface area contributed by atoms with E-state index in [1.165, 1.54) is 38.4 Å². The van der Waals surface area contributed by atoms with Crippen LogP contribution >= 0.6 is 0 Å². The van der Waals surface area contributed by atoms with E-state index in [1.54, 1.807) is 6.92 Å². The molecule has 9 heteroatoms. The number of nitrogens with zero attached hydrogens (tertiary/aromatic N) is 1. The minimum atomic E-state index is -3.58. The number of anilines is 1. The normalized spacial score (nSPS) is 11.5. The van der Waals surface area contributed by atoms with Gasteiger partial charge in [-0.3, -0.25) is 4.79 Å². The minimum absolute atomic E-state index is 0.0882. The number of hydrogen-bond acceptors (Lipinski definition) is 4. The molecule has 2 rings (SSSR count). The molecule has 1 amide bonds. The monoisotopic (exact) mass is 384 g/mol. The van der Waals surface area contributed by atoms with Crippen LogP contribution in [0.5, 0.6) is 5.75 Å². The molecule has 26 heavy (non-hydrogen) atoms. The summed E-state index contributed by atoms with van der Waals surface area (Å²) in [5.41, 5.74) is -0.0527. The van der Waals surface area contributed by atoms with Gasteiger partial charge in [-0.1, -0.05) is 6.07 Å². The summed E-state index contributed by atoms with van der Waals surface area (Å²) >= 11 is 0. The van der Waals surface area contributed by atoms with Crippen LogP contribution in [-0.2, 0) is 14.8 Å². The number of benzene rings is 2. The number of sulfonamides is 1.